The quantitative estimate of drug-likeness (QED) is 0.517. The monoisotopic (exact) mass is 332 g/mol. The van der Waals surface area contributed by atoms with E-state index in [2.05, 4.69) is 5.32 Å². The summed E-state index contributed by atoms with van der Waals surface area (Å²) in [6, 6.07) is 4.78. The van der Waals surface area contributed by atoms with Crippen LogP contribution < -0.4 is 5.32 Å². The van der Waals surface area contributed by atoms with Gasteiger partial charge in [-0.05, 0) is 11.0 Å². The third-order valence-electron chi connectivity index (χ3n) is 4.13. The van der Waals surface area contributed by atoms with Crippen LogP contribution in [-0.4, -0.2) is 22.4 Å². The number of hydrogen-bond acceptors (Lipinski definition) is 5. The van der Waals surface area contributed by atoms with Crippen LogP contribution in [0, 0.1) is 21.4 Å². The Labute approximate surface area is 139 Å². The maximum atomic E-state index is 12.5. The SMILES string of the molecule is CC(=O)NC(c1cccc([N+](=O)[O-])c1)C1C(=O)CC(C)(C)CC1=O. The van der Waals surface area contributed by atoms with Crippen molar-refractivity contribution >= 4 is 23.2 Å². The van der Waals surface area contributed by atoms with E-state index in [4.69, 9.17) is 0 Å². The van der Waals surface area contributed by atoms with Gasteiger partial charge in [0.25, 0.3) is 5.69 Å². The molecule has 0 heterocycles. The van der Waals surface area contributed by atoms with Crippen LogP contribution in [0.15, 0.2) is 24.3 Å². The van der Waals surface area contributed by atoms with Crippen LogP contribution in [0.5, 0.6) is 0 Å². The summed E-state index contributed by atoms with van der Waals surface area (Å²) >= 11 is 0. The number of carbonyl (C=O) groups is 3. The topological polar surface area (TPSA) is 106 Å². The Kier molecular flexibility index (Phi) is 4.82. The molecule has 0 aromatic heterocycles. The summed E-state index contributed by atoms with van der Waals surface area (Å²) in [6.07, 6.45) is 0.461. The maximum absolute atomic E-state index is 12.5. The number of nitrogens with one attached hydrogen (secondary N) is 1. The second-order valence-corrected chi connectivity index (χ2v) is 6.96. The molecule has 1 aromatic rings. The number of rotatable bonds is 4. The van der Waals surface area contributed by atoms with Crippen molar-refractivity contribution in [1.29, 1.82) is 0 Å². The van der Waals surface area contributed by atoms with Crippen molar-refractivity contribution in [3.05, 3.63) is 39.9 Å². The standard InChI is InChI=1S/C17H20N2O5/c1-10(20)18-16(11-5-4-6-12(7-11)19(23)24)15-13(21)8-17(2,3)9-14(15)22/h4-7,15-16H,8-9H2,1-3H3,(H,18,20). The van der Waals surface area contributed by atoms with Gasteiger partial charge in [0.15, 0.2) is 0 Å². The number of non-ortho nitro benzene ring substituents is 1. The minimum atomic E-state index is -1.01. The Morgan fingerprint density at radius 1 is 1.29 bits per heavy atom. The first kappa shape index (κ1) is 17.8. The second-order valence-electron chi connectivity index (χ2n) is 6.96. The lowest BCUT2D eigenvalue weighted by Gasteiger charge is -2.35. The van der Waals surface area contributed by atoms with E-state index in [0.717, 1.165) is 0 Å². The van der Waals surface area contributed by atoms with Gasteiger partial charge in [-0.2, -0.15) is 0 Å². The van der Waals surface area contributed by atoms with Crippen molar-refractivity contribution < 1.29 is 19.3 Å². The number of nitro benzene ring substituents is 1. The molecular formula is C17H20N2O5. The molecule has 1 aliphatic rings. The lowest BCUT2D eigenvalue weighted by molar-refractivity contribution is -0.384. The van der Waals surface area contributed by atoms with E-state index in [9.17, 15) is 24.5 Å². The lowest BCUT2D eigenvalue weighted by atomic mass is 9.68. The van der Waals surface area contributed by atoms with E-state index < -0.39 is 28.2 Å². The van der Waals surface area contributed by atoms with Crippen molar-refractivity contribution in [2.75, 3.05) is 0 Å². The van der Waals surface area contributed by atoms with Crippen molar-refractivity contribution in [1.82, 2.24) is 5.32 Å². The Morgan fingerprint density at radius 2 is 1.88 bits per heavy atom. The van der Waals surface area contributed by atoms with Crippen LogP contribution in [0.2, 0.25) is 0 Å². The largest absolute Gasteiger partial charge is 0.348 e. The van der Waals surface area contributed by atoms with Crippen LogP contribution in [-0.2, 0) is 14.4 Å². The van der Waals surface area contributed by atoms with Crippen molar-refractivity contribution in [3.63, 3.8) is 0 Å². The number of carbonyl (C=O) groups excluding carboxylic acids is 3. The highest BCUT2D eigenvalue weighted by Crippen LogP contribution is 2.39. The zero-order chi connectivity index (χ0) is 18.1. The summed E-state index contributed by atoms with van der Waals surface area (Å²) in [5.41, 5.74) is -0.182. The number of nitrogens with zero attached hydrogens (tertiary/aromatic N) is 1. The smallest absolute Gasteiger partial charge is 0.269 e. The first-order valence-corrected chi connectivity index (χ1v) is 7.67. The van der Waals surface area contributed by atoms with E-state index in [1.54, 1.807) is 6.07 Å². The van der Waals surface area contributed by atoms with Gasteiger partial charge < -0.3 is 5.32 Å². The number of amides is 1. The van der Waals surface area contributed by atoms with E-state index in [1.807, 2.05) is 13.8 Å². The average molecular weight is 332 g/mol. The molecule has 1 aliphatic carbocycles. The molecule has 128 valence electrons. The van der Waals surface area contributed by atoms with E-state index in [-0.39, 0.29) is 30.1 Å². The van der Waals surface area contributed by atoms with Gasteiger partial charge in [-0.25, -0.2) is 0 Å². The molecule has 1 N–H and O–H groups in total. The molecular weight excluding hydrogens is 312 g/mol. The molecule has 0 bridgehead atoms. The molecule has 1 aromatic carbocycles. The fourth-order valence-corrected chi connectivity index (χ4v) is 3.19. The number of ketones is 2. The van der Waals surface area contributed by atoms with Gasteiger partial charge in [0.2, 0.25) is 5.91 Å². The number of benzene rings is 1. The molecule has 1 amide bonds. The molecule has 1 saturated carbocycles. The average Bonchev–Trinajstić information content (AvgIpc) is 2.43. The van der Waals surface area contributed by atoms with Crippen LogP contribution >= 0.6 is 0 Å². The fourth-order valence-electron chi connectivity index (χ4n) is 3.19. The molecule has 7 heteroatoms. The summed E-state index contributed by atoms with van der Waals surface area (Å²) < 4.78 is 0. The Bertz CT molecular complexity index is 691. The summed E-state index contributed by atoms with van der Waals surface area (Å²) in [4.78, 5) is 47.0. The zero-order valence-electron chi connectivity index (χ0n) is 13.9. The van der Waals surface area contributed by atoms with E-state index >= 15 is 0 Å². The van der Waals surface area contributed by atoms with Gasteiger partial charge in [0.05, 0.1) is 11.0 Å². The number of nitro groups is 1. The highest BCUT2D eigenvalue weighted by molar-refractivity contribution is 6.06. The molecule has 1 fully saturated rings. The molecule has 24 heavy (non-hydrogen) atoms. The van der Waals surface area contributed by atoms with Crippen LogP contribution in [0.4, 0.5) is 5.69 Å². The third kappa shape index (κ3) is 3.84. The maximum Gasteiger partial charge on any atom is 0.269 e. The molecule has 0 radical (unpaired) electrons. The fraction of sp³-hybridized carbons (Fsp3) is 0.471. The summed E-state index contributed by atoms with van der Waals surface area (Å²) in [5.74, 6) is -1.91. The summed E-state index contributed by atoms with van der Waals surface area (Å²) in [5, 5.41) is 13.6. The minimum absolute atomic E-state index is 0.154. The van der Waals surface area contributed by atoms with Crippen LogP contribution in [0.3, 0.4) is 0 Å². The van der Waals surface area contributed by atoms with Gasteiger partial charge >= 0.3 is 0 Å². The minimum Gasteiger partial charge on any atom is -0.348 e. The molecule has 2 rings (SSSR count). The summed E-state index contributed by atoms with van der Waals surface area (Å²) in [6.45, 7) is 4.98. The molecule has 1 atom stereocenters. The first-order chi connectivity index (χ1) is 11.1. The number of hydrogen-bond donors (Lipinski definition) is 1. The third-order valence-corrected chi connectivity index (χ3v) is 4.13. The normalized spacial score (nSPS) is 19.0. The van der Waals surface area contributed by atoms with E-state index in [0.29, 0.717) is 5.56 Å². The Morgan fingerprint density at radius 3 is 2.38 bits per heavy atom. The first-order valence-electron chi connectivity index (χ1n) is 7.67. The van der Waals surface area contributed by atoms with Gasteiger partial charge in [0.1, 0.15) is 17.5 Å². The summed E-state index contributed by atoms with van der Waals surface area (Å²) in [7, 11) is 0. The van der Waals surface area contributed by atoms with Gasteiger partial charge in [0, 0.05) is 31.9 Å². The molecule has 0 spiro atoms. The highest BCUT2D eigenvalue weighted by Gasteiger charge is 2.44. The van der Waals surface area contributed by atoms with Crippen LogP contribution in [0.25, 0.3) is 0 Å². The lowest BCUT2D eigenvalue weighted by Crippen LogP contribution is -2.45. The van der Waals surface area contributed by atoms with Gasteiger partial charge in [-0.3, -0.25) is 24.5 Å². The molecule has 0 aliphatic heterocycles. The van der Waals surface area contributed by atoms with Crippen molar-refractivity contribution in [2.45, 2.75) is 39.7 Å². The van der Waals surface area contributed by atoms with Gasteiger partial charge in [-0.15, -0.1) is 0 Å². The van der Waals surface area contributed by atoms with E-state index in [1.165, 1.54) is 25.1 Å². The highest BCUT2D eigenvalue weighted by atomic mass is 16.6. The molecule has 0 saturated heterocycles. The van der Waals surface area contributed by atoms with Crippen molar-refractivity contribution in [2.24, 2.45) is 11.3 Å². The van der Waals surface area contributed by atoms with Gasteiger partial charge in [-0.1, -0.05) is 26.0 Å². The Hall–Kier alpha value is -2.57. The zero-order valence-corrected chi connectivity index (χ0v) is 13.9. The predicted octanol–water partition coefficient (Wildman–Crippen LogP) is 2.35. The predicted molar refractivity (Wildman–Crippen MR) is 86.2 cm³/mol. The second kappa shape index (κ2) is 6.51. The molecule has 7 nitrogen and oxygen atoms in total. The molecule has 1 unspecified atom stereocenters. The number of Topliss-reactive ketones (excluding diaryl/α,β-unsaturated/α-hetero) is 2. The van der Waals surface area contributed by atoms with Crippen molar-refractivity contribution in [3.8, 4) is 0 Å². The Balaban J connectivity index is 2.44. The van der Waals surface area contributed by atoms with Crippen LogP contribution in [0.1, 0.15) is 45.2 Å².